The summed E-state index contributed by atoms with van der Waals surface area (Å²) in [7, 11) is 0. The van der Waals surface area contributed by atoms with Crippen LogP contribution in [0.5, 0.6) is 17.2 Å². The van der Waals surface area contributed by atoms with Crippen LogP contribution in [0.2, 0.25) is 0 Å². The minimum atomic E-state index is 0.383. The molecule has 0 spiro atoms. The van der Waals surface area contributed by atoms with E-state index in [-0.39, 0.29) is 0 Å². The fraction of sp³-hybridized carbons (Fsp3) is 0.520. The van der Waals surface area contributed by atoms with Crippen LogP contribution in [0.3, 0.4) is 0 Å². The van der Waals surface area contributed by atoms with Gasteiger partial charge in [0.25, 0.3) is 0 Å². The Labute approximate surface area is 190 Å². The van der Waals surface area contributed by atoms with Gasteiger partial charge in [-0.2, -0.15) is 0 Å². The van der Waals surface area contributed by atoms with Crippen molar-refractivity contribution in [2.75, 3.05) is 66.1 Å². The van der Waals surface area contributed by atoms with E-state index in [0.29, 0.717) is 78.4 Å². The predicted octanol–water partition coefficient (Wildman–Crippen LogP) is 3.88. The summed E-state index contributed by atoms with van der Waals surface area (Å²) >= 11 is 0. The molecule has 7 nitrogen and oxygen atoms in total. The average molecular weight is 447 g/mol. The minimum Gasteiger partial charge on any atom is -0.491 e. The summed E-state index contributed by atoms with van der Waals surface area (Å²) < 4.78 is 40.2. The van der Waals surface area contributed by atoms with Gasteiger partial charge >= 0.3 is 0 Å². The number of ether oxygens (including phenoxy) is 7. The Bertz CT molecular complexity index is 689. The first kappa shape index (κ1) is 24.3. The Kier molecular flexibility index (Phi) is 11.8. The number of hydrogen-bond acceptors (Lipinski definition) is 7. The van der Waals surface area contributed by atoms with Crippen molar-refractivity contribution in [3.05, 3.63) is 54.1 Å². The van der Waals surface area contributed by atoms with Crippen molar-refractivity contribution in [3.63, 3.8) is 0 Å². The second-order valence-corrected chi connectivity index (χ2v) is 7.20. The van der Waals surface area contributed by atoms with Gasteiger partial charge in [-0.1, -0.05) is 30.3 Å². The Hall–Kier alpha value is -2.32. The van der Waals surface area contributed by atoms with E-state index < -0.39 is 0 Å². The molecule has 0 saturated heterocycles. The lowest BCUT2D eigenvalue weighted by molar-refractivity contribution is 0.0164. The van der Waals surface area contributed by atoms with Crippen molar-refractivity contribution in [2.24, 2.45) is 0 Å². The van der Waals surface area contributed by atoms with Crippen molar-refractivity contribution in [2.45, 2.75) is 19.4 Å². The molecule has 0 aliphatic carbocycles. The molecule has 0 atom stereocenters. The minimum absolute atomic E-state index is 0.383. The van der Waals surface area contributed by atoms with Gasteiger partial charge in [0.1, 0.15) is 19.0 Å². The van der Waals surface area contributed by atoms with Crippen LogP contribution in [0.4, 0.5) is 0 Å². The summed E-state index contributed by atoms with van der Waals surface area (Å²) in [5.41, 5.74) is 0.968. The Morgan fingerprint density at radius 3 is 1.56 bits per heavy atom. The Morgan fingerprint density at radius 1 is 0.406 bits per heavy atom. The highest BCUT2D eigenvalue weighted by Gasteiger charge is 2.08. The van der Waals surface area contributed by atoms with Crippen LogP contribution in [0.25, 0.3) is 0 Å². The van der Waals surface area contributed by atoms with Crippen molar-refractivity contribution >= 4 is 0 Å². The quantitative estimate of drug-likeness (QED) is 0.608. The summed E-state index contributed by atoms with van der Waals surface area (Å²) in [5.74, 6) is 2.21. The molecule has 176 valence electrons. The highest BCUT2D eigenvalue weighted by Crippen LogP contribution is 2.28. The zero-order chi connectivity index (χ0) is 22.1. The maximum absolute atomic E-state index is 6.05. The molecule has 1 heterocycles. The van der Waals surface area contributed by atoms with Crippen molar-refractivity contribution < 1.29 is 33.2 Å². The molecule has 0 fully saturated rings. The molecular weight excluding hydrogens is 412 g/mol. The lowest BCUT2D eigenvalue weighted by atomic mass is 10.2. The first-order chi connectivity index (χ1) is 15.9. The summed E-state index contributed by atoms with van der Waals surface area (Å²) in [6.07, 6.45) is 1.65. The molecule has 2 aromatic rings. The molecule has 0 unspecified atom stereocenters. The number of rotatable bonds is 0. The smallest absolute Gasteiger partial charge is 0.161 e. The van der Waals surface area contributed by atoms with Gasteiger partial charge in [-0.25, -0.2) is 0 Å². The normalized spacial score (nSPS) is 18.5. The van der Waals surface area contributed by atoms with E-state index in [1.54, 1.807) is 0 Å². The molecule has 0 saturated carbocycles. The van der Waals surface area contributed by atoms with Crippen LogP contribution in [0.1, 0.15) is 18.4 Å². The zero-order valence-corrected chi connectivity index (χ0v) is 18.7. The summed E-state index contributed by atoms with van der Waals surface area (Å²) in [6.45, 7) is 6.12. The Morgan fingerprint density at radius 2 is 0.875 bits per heavy atom. The molecular formula is C25H34O7. The molecule has 0 radical (unpaired) electrons. The lowest BCUT2D eigenvalue weighted by Gasteiger charge is -2.15. The molecule has 0 bridgehead atoms. The molecule has 32 heavy (non-hydrogen) atoms. The van der Waals surface area contributed by atoms with E-state index in [4.69, 9.17) is 33.2 Å². The van der Waals surface area contributed by atoms with Gasteiger partial charge in [0, 0.05) is 31.8 Å². The standard InChI is InChI=1S/C25H34O7/c1-2-8-23-22(7-1)21-32-25-10-4-3-9-24(25)30-14-6-13-28-16-15-26-11-5-12-27-17-18-29-19-20-31-23/h1-4,7-10H,5-6,11-21H2. The molecule has 0 aromatic heterocycles. The van der Waals surface area contributed by atoms with Gasteiger partial charge in [0.2, 0.25) is 0 Å². The third kappa shape index (κ3) is 9.44. The third-order valence-electron chi connectivity index (χ3n) is 4.70. The average Bonchev–Trinajstić information content (AvgIpc) is 2.82. The van der Waals surface area contributed by atoms with Crippen LogP contribution in [0, 0.1) is 0 Å². The zero-order valence-electron chi connectivity index (χ0n) is 18.7. The SMILES string of the molecule is c1ccc2c(c1)COc1ccccc1OCCCOCCOCCCOCCOCCO2. The van der Waals surface area contributed by atoms with E-state index >= 15 is 0 Å². The van der Waals surface area contributed by atoms with Crippen LogP contribution < -0.4 is 14.2 Å². The molecule has 0 N–H and O–H groups in total. The first-order valence-electron chi connectivity index (χ1n) is 11.3. The van der Waals surface area contributed by atoms with E-state index in [1.165, 1.54) is 0 Å². The molecule has 1 aliphatic heterocycles. The number of fused-ring (bicyclic) bond motifs is 2. The third-order valence-corrected chi connectivity index (χ3v) is 4.70. The maximum Gasteiger partial charge on any atom is 0.161 e. The fourth-order valence-electron chi connectivity index (χ4n) is 3.07. The molecule has 3 rings (SSSR count). The first-order valence-corrected chi connectivity index (χ1v) is 11.3. The number of para-hydroxylation sites is 3. The number of hydrogen-bond donors (Lipinski definition) is 0. The Balaban J connectivity index is 1.54. The lowest BCUT2D eigenvalue weighted by Crippen LogP contribution is -2.13. The van der Waals surface area contributed by atoms with Crippen molar-refractivity contribution in [1.29, 1.82) is 0 Å². The van der Waals surface area contributed by atoms with Gasteiger partial charge < -0.3 is 33.2 Å². The second-order valence-electron chi connectivity index (χ2n) is 7.20. The van der Waals surface area contributed by atoms with Crippen LogP contribution in [-0.2, 0) is 25.6 Å². The summed E-state index contributed by atoms with van der Waals surface area (Å²) in [5, 5.41) is 0. The predicted molar refractivity (Wildman–Crippen MR) is 121 cm³/mol. The largest absolute Gasteiger partial charge is 0.491 e. The van der Waals surface area contributed by atoms with Gasteiger partial charge in [-0.05, 0) is 24.6 Å². The fourth-order valence-corrected chi connectivity index (χ4v) is 3.07. The molecule has 1 aliphatic rings. The van der Waals surface area contributed by atoms with E-state index in [1.807, 2.05) is 48.5 Å². The highest BCUT2D eigenvalue weighted by atomic mass is 16.5. The second kappa shape index (κ2) is 15.5. The van der Waals surface area contributed by atoms with Gasteiger partial charge in [-0.15, -0.1) is 0 Å². The molecule has 0 amide bonds. The van der Waals surface area contributed by atoms with Crippen LogP contribution in [0.15, 0.2) is 48.5 Å². The van der Waals surface area contributed by atoms with E-state index in [2.05, 4.69) is 0 Å². The highest BCUT2D eigenvalue weighted by molar-refractivity contribution is 5.40. The monoisotopic (exact) mass is 446 g/mol. The summed E-state index contributed by atoms with van der Waals surface area (Å²) in [4.78, 5) is 0. The van der Waals surface area contributed by atoms with Crippen LogP contribution >= 0.6 is 0 Å². The van der Waals surface area contributed by atoms with Crippen LogP contribution in [-0.4, -0.2) is 66.1 Å². The van der Waals surface area contributed by atoms with Gasteiger partial charge in [-0.3, -0.25) is 0 Å². The van der Waals surface area contributed by atoms with Gasteiger partial charge in [0.15, 0.2) is 11.5 Å². The molecule has 2 aromatic carbocycles. The van der Waals surface area contributed by atoms with E-state index in [9.17, 15) is 0 Å². The van der Waals surface area contributed by atoms with E-state index in [0.717, 1.165) is 29.9 Å². The number of benzene rings is 2. The molecule has 7 heteroatoms. The van der Waals surface area contributed by atoms with Crippen molar-refractivity contribution in [1.82, 2.24) is 0 Å². The maximum atomic E-state index is 6.05. The topological polar surface area (TPSA) is 64.6 Å². The summed E-state index contributed by atoms with van der Waals surface area (Å²) in [6, 6.07) is 15.6. The van der Waals surface area contributed by atoms with Gasteiger partial charge in [0.05, 0.1) is 39.6 Å². The van der Waals surface area contributed by atoms with Crippen molar-refractivity contribution in [3.8, 4) is 17.2 Å².